The van der Waals surface area contributed by atoms with Gasteiger partial charge in [0.25, 0.3) is 0 Å². The molecule has 4 nitrogen and oxygen atoms in total. The summed E-state index contributed by atoms with van der Waals surface area (Å²) >= 11 is 0. The van der Waals surface area contributed by atoms with Crippen LogP contribution in [0, 0.1) is 5.82 Å². The molecular formula is C14H18FN3O. The fraction of sp³-hybridized carbons (Fsp3) is 0.357. The SMILES string of the molecule is CCCc1c(-c2c(F)cccc2OC)nn(C)c1N. The zero-order valence-corrected chi connectivity index (χ0v) is 11.4. The number of nitrogen functional groups attached to an aromatic ring is 1. The van der Waals surface area contributed by atoms with Gasteiger partial charge in [-0.15, -0.1) is 0 Å². The zero-order valence-electron chi connectivity index (χ0n) is 11.4. The summed E-state index contributed by atoms with van der Waals surface area (Å²) in [6.45, 7) is 2.05. The lowest BCUT2D eigenvalue weighted by molar-refractivity contribution is 0.413. The number of methoxy groups -OCH3 is 1. The largest absolute Gasteiger partial charge is 0.496 e. The Morgan fingerprint density at radius 1 is 1.42 bits per heavy atom. The van der Waals surface area contributed by atoms with Gasteiger partial charge in [-0.1, -0.05) is 19.4 Å². The predicted molar refractivity (Wildman–Crippen MR) is 73.6 cm³/mol. The first-order valence-electron chi connectivity index (χ1n) is 6.24. The molecule has 0 radical (unpaired) electrons. The van der Waals surface area contributed by atoms with E-state index in [0.29, 0.717) is 22.8 Å². The van der Waals surface area contributed by atoms with Crippen molar-refractivity contribution in [1.29, 1.82) is 0 Å². The molecule has 5 heteroatoms. The molecule has 0 saturated heterocycles. The molecule has 2 N–H and O–H groups in total. The number of hydrogen-bond donors (Lipinski definition) is 1. The first-order chi connectivity index (χ1) is 9.10. The van der Waals surface area contributed by atoms with E-state index in [1.165, 1.54) is 13.2 Å². The third kappa shape index (κ3) is 2.28. The van der Waals surface area contributed by atoms with E-state index in [2.05, 4.69) is 12.0 Å². The summed E-state index contributed by atoms with van der Waals surface area (Å²) in [6, 6.07) is 4.74. The fourth-order valence-corrected chi connectivity index (χ4v) is 2.18. The van der Waals surface area contributed by atoms with Crippen molar-refractivity contribution >= 4 is 5.82 Å². The number of hydrogen-bond acceptors (Lipinski definition) is 3. The van der Waals surface area contributed by atoms with Crippen LogP contribution in [0.1, 0.15) is 18.9 Å². The molecule has 0 aliphatic carbocycles. The van der Waals surface area contributed by atoms with Crippen LogP contribution in [0.2, 0.25) is 0 Å². The maximum atomic E-state index is 14.1. The van der Waals surface area contributed by atoms with Crippen LogP contribution in [0.5, 0.6) is 5.75 Å². The van der Waals surface area contributed by atoms with Gasteiger partial charge in [0.2, 0.25) is 0 Å². The number of benzene rings is 1. The highest BCUT2D eigenvalue weighted by Crippen LogP contribution is 2.36. The van der Waals surface area contributed by atoms with Crippen LogP contribution < -0.4 is 10.5 Å². The summed E-state index contributed by atoms with van der Waals surface area (Å²) < 4.78 is 20.9. The standard InChI is InChI=1S/C14H18FN3O/c1-4-6-9-13(17-18(2)14(9)16)12-10(15)7-5-8-11(12)19-3/h5,7-8H,4,6,16H2,1-3H3. The Morgan fingerprint density at radius 3 is 2.79 bits per heavy atom. The number of nitrogens with zero attached hydrogens (tertiary/aromatic N) is 2. The van der Waals surface area contributed by atoms with E-state index in [9.17, 15) is 4.39 Å². The number of aromatic nitrogens is 2. The Kier molecular flexibility index (Phi) is 3.74. The van der Waals surface area contributed by atoms with Crippen molar-refractivity contribution < 1.29 is 9.13 Å². The van der Waals surface area contributed by atoms with E-state index >= 15 is 0 Å². The molecule has 0 bridgehead atoms. The maximum Gasteiger partial charge on any atom is 0.136 e. The molecule has 2 rings (SSSR count). The quantitative estimate of drug-likeness (QED) is 0.922. The smallest absolute Gasteiger partial charge is 0.136 e. The number of aryl methyl sites for hydroxylation is 1. The zero-order chi connectivity index (χ0) is 14.0. The molecule has 0 saturated carbocycles. The number of anilines is 1. The molecule has 102 valence electrons. The van der Waals surface area contributed by atoms with Crippen molar-refractivity contribution in [2.24, 2.45) is 7.05 Å². The minimum absolute atomic E-state index is 0.352. The molecule has 0 spiro atoms. The van der Waals surface area contributed by atoms with Crippen LogP contribution in [0.3, 0.4) is 0 Å². The third-order valence-electron chi connectivity index (χ3n) is 3.13. The summed E-state index contributed by atoms with van der Waals surface area (Å²) in [4.78, 5) is 0. The van der Waals surface area contributed by atoms with Crippen LogP contribution in [0.4, 0.5) is 10.2 Å². The first-order valence-corrected chi connectivity index (χ1v) is 6.24. The summed E-state index contributed by atoms with van der Waals surface area (Å²) in [5.41, 5.74) is 7.82. The van der Waals surface area contributed by atoms with Gasteiger partial charge < -0.3 is 10.5 Å². The van der Waals surface area contributed by atoms with E-state index in [1.807, 2.05) is 0 Å². The van der Waals surface area contributed by atoms with Crippen molar-refractivity contribution in [3.8, 4) is 17.0 Å². The van der Waals surface area contributed by atoms with Gasteiger partial charge in [0.15, 0.2) is 0 Å². The average molecular weight is 263 g/mol. The number of ether oxygens (including phenoxy) is 1. The van der Waals surface area contributed by atoms with Gasteiger partial charge in [-0.05, 0) is 18.6 Å². The Balaban J connectivity index is 2.68. The highest BCUT2D eigenvalue weighted by molar-refractivity contribution is 5.74. The summed E-state index contributed by atoms with van der Waals surface area (Å²) in [5.74, 6) is 0.687. The minimum Gasteiger partial charge on any atom is -0.496 e. The lowest BCUT2D eigenvalue weighted by Gasteiger charge is -2.09. The normalized spacial score (nSPS) is 10.7. The van der Waals surface area contributed by atoms with Crippen LogP contribution in [-0.2, 0) is 13.5 Å². The molecular weight excluding hydrogens is 245 g/mol. The van der Waals surface area contributed by atoms with Crippen LogP contribution in [0.15, 0.2) is 18.2 Å². The third-order valence-corrected chi connectivity index (χ3v) is 3.13. The Labute approximate surface area is 112 Å². The molecule has 1 aromatic heterocycles. The lowest BCUT2D eigenvalue weighted by atomic mass is 10.0. The van der Waals surface area contributed by atoms with E-state index in [0.717, 1.165) is 18.4 Å². The molecule has 0 aliphatic heterocycles. The van der Waals surface area contributed by atoms with E-state index < -0.39 is 0 Å². The molecule has 19 heavy (non-hydrogen) atoms. The fourth-order valence-electron chi connectivity index (χ4n) is 2.18. The van der Waals surface area contributed by atoms with Gasteiger partial charge >= 0.3 is 0 Å². The monoisotopic (exact) mass is 263 g/mol. The molecule has 0 unspecified atom stereocenters. The van der Waals surface area contributed by atoms with Crippen LogP contribution in [-0.4, -0.2) is 16.9 Å². The van der Waals surface area contributed by atoms with Gasteiger partial charge in [-0.2, -0.15) is 5.10 Å². The topological polar surface area (TPSA) is 53.1 Å². The second-order valence-electron chi connectivity index (χ2n) is 4.40. The van der Waals surface area contributed by atoms with Crippen LogP contribution >= 0.6 is 0 Å². The molecule has 1 aromatic carbocycles. The van der Waals surface area contributed by atoms with E-state index in [1.54, 1.807) is 23.9 Å². The van der Waals surface area contributed by atoms with Crippen molar-refractivity contribution in [2.75, 3.05) is 12.8 Å². The molecule has 0 atom stereocenters. The molecule has 0 aliphatic rings. The summed E-state index contributed by atoms with van der Waals surface area (Å²) in [7, 11) is 3.27. The Morgan fingerprint density at radius 2 is 2.16 bits per heavy atom. The van der Waals surface area contributed by atoms with Gasteiger partial charge in [0.05, 0.1) is 12.7 Å². The number of nitrogens with two attached hydrogens (primary N) is 1. The summed E-state index contributed by atoms with van der Waals surface area (Å²) in [5, 5.41) is 4.34. The molecule has 2 aromatic rings. The highest BCUT2D eigenvalue weighted by atomic mass is 19.1. The second-order valence-corrected chi connectivity index (χ2v) is 4.40. The van der Waals surface area contributed by atoms with E-state index in [4.69, 9.17) is 10.5 Å². The highest BCUT2D eigenvalue weighted by Gasteiger charge is 2.21. The van der Waals surface area contributed by atoms with Crippen molar-refractivity contribution in [3.05, 3.63) is 29.6 Å². The van der Waals surface area contributed by atoms with Gasteiger partial charge in [-0.3, -0.25) is 4.68 Å². The van der Waals surface area contributed by atoms with Gasteiger partial charge in [0.1, 0.15) is 23.1 Å². The van der Waals surface area contributed by atoms with Crippen molar-refractivity contribution in [3.63, 3.8) is 0 Å². The number of rotatable bonds is 4. The number of halogens is 1. The van der Waals surface area contributed by atoms with Gasteiger partial charge in [-0.25, -0.2) is 4.39 Å². The lowest BCUT2D eigenvalue weighted by Crippen LogP contribution is -1.99. The average Bonchev–Trinajstić information content (AvgIpc) is 2.67. The Bertz CT molecular complexity index is 593. The van der Waals surface area contributed by atoms with Crippen molar-refractivity contribution in [1.82, 2.24) is 9.78 Å². The molecule has 0 fully saturated rings. The van der Waals surface area contributed by atoms with E-state index in [-0.39, 0.29) is 5.82 Å². The Hall–Kier alpha value is -2.04. The van der Waals surface area contributed by atoms with Crippen molar-refractivity contribution in [2.45, 2.75) is 19.8 Å². The van der Waals surface area contributed by atoms with Crippen LogP contribution in [0.25, 0.3) is 11.3 Å². The first kappa shape index (κ1) is 13.4. The molecule has 1 heterocycles. The van der Waals surface area contributed by atoms with Gasteiger partial charge in [0, 0.05) is 12.6 Å². The second kappa shape index (κ2) is 5.30. The predicted octanol–water partition coefficient (Wildman–Crippen LogP) is 2.77. The molecule has 0 amide bonds. The maximum absolute atomic E-state index is 14.1. The minimum atomic E-state index is -0.352. The summed E-state index contributed by atoms with van der Waals surface area (Å²) in [6.07, 6.45) is 1.67.